The minimum absolute atomic E-state index is 0.163. The molecule has 0 fully saturated rings. The van der Waals surface area contributed by atoms with Gasteiger partial charge in [-0.3, -0.25) is 0 Å². The van der Waals surface area contributed by atoms with Crippen LogP contribution in [0.3, 0.4) is 0 Å². The Morgan fingerprint density at radius 3 is 3.15 bits per heavy atom. The molecule has 1 aromatic rings. The molecule has 1 radical (unpaired) electrons. The molecule has 0 spiro atoms. The lowest BCUT2D eigenvalue weighted by Gasteiger charge is -2.37. The fourth-order valence-electron chi connectivity index (χ4n) is 1.66. The van der Waals surface area contributed by atoms with Gasteiger partial charge in [-0.15, -0.1) is 0 Å². The number of ether oxygens (including phenoxy) is 1. The van der Waals surface area contributed by atoms with Gasteiger partial charge < -0.3 is 9.64 Å². The second-order valence-electron chi connectivity index (χ2n) is 3.98. The van der Waals surface area contributed by atoms with Gasteiger partial charge in [-0.05, 0) is 26.0 Å². The van der Waals surface area contributed by atoms with Crippen LogP contribution >= 0.6 is 0 Å². The van der Waals surface area contributed by atoms with Gasteiger partial charge in [0.2, 0.25) is 5.88 Å². The van der Waals surface area contributed by atoms with Gasteiger partial charge in [0.25, 0.3) is 0 Å². The quantitative estimate of drug-likeness (QED) is 0.600. The zero-order chi connectivity index (χ0) is 9.47. The number of hydrogen-bond donors (Lipinski definition) is 0. The second kappa shape index (κ2) is 2.62. The van der Waals surface area contributed by atoms with Crippen molar-refractivity contribution in [3.63, 3.8) is 0 Å². The highest BCUT2D eigenvalue weighted by Crippen LogP contribution is 2.33. The van der Waals surface area contributed by atoms with Gasteiger partial charge in [-0.25, -0.2) is 4.98 Å². The van der Waals surface area contributed by atoms with E-state index in [1.165, 1.54) is 0 Å². The van der Waals surface area contributed by atoms with Crippen molar-refractivity contribution in [2.45, 2.75) is 19.4 Å². The minimum atomic E-state index is -0.163. The van der Waals surface area contributed by atoms with E-state index in [-0.39, 0.29) is 5.60 Å². The topological polar surface area (TPSA) is 25.4 Å². The highest BCUT2D eigenvalue weighted by Gasteiger charge is 2.30. The monoisotopic (exact) mass is 177 g/mol. The summed E-state index contributed by atoms with van der Waals surface area (Å²) in [7, 11) is 2.05. The molecule has 2 rings (SSSR count). The van der Waals surface area contributed by atoms with E-state index >= 15 is 0 Å². The summed E-state index contributed by atoms with van der Waals surface area (Å²) >= 11 is 0. The van der Waals surface area contributed by atoms with Crippen LogP contribution in [0.1, 0.15) is 13.8 Å². The lowest BCUT2D eigenvalue weighted by molar-refractivity contribution is 0.100. The van der Waals surface area contributed by atoms with E-state index in [0.717, 1.165) is 12.2 Å². The van der Waals surface area contributed by atoms with Crippen molar-refractivity contribution in [2.75, 3.05) is 18.5 Å². The van der Waals surface area contributed by atoms with Gasteiger partial charge in [0.1, 0.15) is 5.60 Å². The Balaban J connectivity index is 2.43. The molecule has 0 bridgehead atoms. The molecule has 69 valence electrons. The number of pyridine rings is 1. The van der Waals surface area contributed by atoms with Crippen LogP contribution in [0, 0.1) is 6.20 Å². The Labute approximate surface area is 78.3 Å². The standard InChI is InChI=1S/C10H13N2O/c1-10(2)7-12(3)8-5-4-6-11-9(8)13-10/h4-5H,7H2,1-3H3. The number of aromatic nitrogens is 1. The van der Waals surface area contributed by atoms with Crippen molar-refractivity contribution in [3.8, 4) is 5.88 Å². The molecular weight excluding hydrogens is 164 g/mol. The predicted octanol–water partition coefficient (Wildman–Crippen LogP) is 1.49. The molecule has 1 aliphatic rings. The van der Waals surface area contributed by atoms with Gasteiger partial charge in [-0.2, -0.15) is 0 Å². The first-order chi connectivity index (χ1) is 6.08. The number of likely N-dealkylation sites (N-methyl/N-ethyl adjacent to an activating group) is 1. The van der Waals surface area contributed by atoms with Gasteiger partial charge in [0.15, 0.2) is 0 Å². The minimum Gasteiger partial charge on any atom is -0.468 e. The van der Waals surface area contributed by atoms with Crippen molar-refractivity contribution in [3.05, 3.63) is 18.3 Å². The summed E-state index contributed by atoms with van der Waals surface area (Å²) in [6.07, 6.45) is 2.78. The number of rotatable bonds is 0. The van der Waals surface area contributed by atoms with Crippen LogP contribution in [0.25, 0.3) is 0 Å². The molecule has 3 nitrogen and oxygen atoms in total. The first-order valence-corrected chi connectivity index (χ1v) is 4.36. The summed E-state index contributed by atoms with van der Waals surface area (Å²) in [5, 5.41) is 0. The van der Waals surface area contributed by atoms with Crippen LogP contribution in [0.5, 0.6) is 5.88 Å². The highest BCUT2D eigenvalue weighted by atomic mass is 16.5. The van der Waals surface area contributed by atoms with Gasteiger partial charge >= 0.3 is 0 Å². The molecule has 0 saturated carbocycles. The number of anilines is 1. The summed E-state index contributed by atoms with van der Waals surface area (Å²) < 4.78 is 5.71. The maximum absolute atomic E-state index is 5.71. The number of hydrogen-bond acceptors (Lipinski definition) is 3. The molecule has 0 atom stereocenters. The zero-order valence-corrected chi connectivity index (χ0v) is 8.16. The molecular formula is C10H13N2O. The van der Waals surface area contributed by atoms with E-state index < -0.39 is 0 Å². The van der Waals surface area contributed by atoms with Crippen LogP contribution in [0.4, 0.5) is 5.69 Å². The summed E-state index contributed by atoms with van der Waals surface area (Å²) in [6, 6.07) is 3.77. The normalized spacial score (nSPS) is 19.2. The van der Waals surface area contributed by atoms with Crippen LogP contribution < -0.4 is 9.64 Å². The van der Waals surface area contributed by atoms with Gasteiger partial charge in [0.05, 0.1) is 18.4 Å². The Hall–Kier alpha value is -1.25. The molecule has 3 heteroatoms. The Bertz CT molecular complexity index is 322. The van der Waals surface area contributed by atoms with E-state index in [4.69, 9.17) is 4.74 Å². The van der Waals surface area contributed by atoms with E-state index in [1.807, 2.05) is 13.1 Å². The molecule has 13 heavy (non-hydrogen) atoms. The summed E-state index contributed by atoms with van der Waals surface area (Å²) in [5.41, 5.74) is 0.877. The highest BCUT2D eigenvalue weighted by molar-refractivity contribution is 5.56. The number of fused-ring (bicyclic) bond motifs is 1. The third-order valence-electron chi connectivity index (χ3n) is 2.10. The molecule has 0 amide bonds. The molecule has 0 aliphatic carbocycles. The molecule has 0 N–H and O–H groups in total. The van der Waals surface area contributed by atoms with Crippen molar-refractivity contribution in [2.24, 2.45) is 0 Å². The van der Waals surface area contributed by atoms with Crippen LogP contribution in [-0.2, 0) is 0 Å². The van der Waals surface area contributed by atoms with Crippen molar-refractivity contribution in [1.82, 2.24) is 4.98 Å². The van der Waals surface area contributed by atoms with Crippen molar-refractivity contribution in [1.29, 1.82) is 0 Å². The smallest absolute Gasteiger partial charge is 0.238 e. The van der Waals surface area contributed by atoms with E-state index in [2.05, 4.69) is 29.9 Å². The zero-order valence-electron chi connectivity index (χ0n) is 8.16. The lowest BCUT2D eigenvalue weighted by atomic mass is 10.1. The maximum Gasteiger partial charge on any atom is 0.238 e. The lowest BCUT2D eigenvalue weighted by Crippen LogP contribution is -2.45. The first kappa shape index (κ1) is 8.35. The van der Waals surface area contributed by atoms with E-state index in [9.17, 15) is 0 Å². The van der Waals surface area contributed by atoms with Gasteiger partial charge in [0, 0.05) is 7.05 Å². The van der Waals surface area contributed by atoms with E-state index in [0.29, 0.717) is 5.88 Å². The molecule has 1 aliphatic heterocycles. The fourth-order valence-corrected chi connectivity index (χ4v) is 1.66. The molecule has 1 aromatic heterocycles. The average Bonchev–Trinajstić information content (AvgIpc) is 2.02. The Morgan fingerprint density at radius 2 is 2.38 bits per heavy atom. The summed E-state index contributed by atoms with van der Waals surface area (Å²) in [4.78, 5) is 6.23. The molecule has 2 heterocycles. The average molecular weight is 177 g/mol. The maximum atomic E-state index is 5.71. The fraction of sp³-hybridized carbons (Fsp3) is 0.500. The largest absolute Gasteiger partial charge is 0.468 e. The van der Waals surface area contributed by atoms with E-state index in [1.54, 1.807) is 6.07 Å². The molecule has 0 unspecified atom stereocenters. The van der Waals surface area contributed by atoms with Crippen LogP contribution in [0.15, 0.2) is 12.1 Å². The predicted molar refractivity (Wildman–Crippen MR) is 51.1 cm³/mol. The van der Waals surface area contributed by atoms with Crippen molar-refractivity contribution >= 4 is 5.69 Å². The Morgan fingerprint density at radius 1 is 1.62 bits per heavy atom. The van der Waals surface area contributed by atoms with Gasteiger partial charge in [-0.1, -0.05) is 0 Å². The van der Waals surface area contributed by atoms with Crippen LogP contribution in [0.2, 0.25) is 0 Å². The second-order valence-corrected chi connectivity index (χ2v) is 3.98. The summed E-state index contributed by atoms with van der Waals surface area (Å²) in [5.74, 6) is 0.682. The number of nitrogens with zero attached hydrogens (tertiary/aromatic N) is 2. The first-order valence-electron chi connectivity index (χ1n) is 4.36. The SMILES string of the molecule is CN1CC(C)(C)Oc2n[c]ccc21. The van der Waals surface area contributed by atoms with Crippen LogP contribution in [-0.4, -0.2) is 24.2 Å². The third kappa shape index (κ3) is 1.46. The Kier molecular flexibility index (Phi) is 1.68. The van der Waals surface area contributed by atoms with Crippen molar-refractivity contribution < 1.29 is 4.74 Å². The molecule has 0 saturated heterocycles. The third-order valence-corrected chi connectivity index (χ3v) is 2.10. The molecule has 0 aromatic carbocycles. The summed E-state index contributed by atoms with van der Waals surface area (Å²) in [6.45, 7) is 4.99.